The maximum atomic E-state index is 14.8. The van der Waals surface area contributed by atoms with Crippen molar-refractivity contribution in [2.45, 2.75) is 26.4 Å². The molecule has 2 aromatic carbocycles. The van der Waals surface area contributed by atoms with Crippen molar-refractivity contribution >= 4 is 46.7 Å². The quantitative estimate of drug-likeness (QED) is 0.284. The van der Waals surface area contributed by atoms with Gasteiger partial charge in [0.05, 0.1) is 29.6 Å². The van der Waals surface area contributed by atoms with Gasteiger partial charge in [-0.1, -0.05) is 11.6 Å². The molecule has 0 unspecified atom stereocenters. The van der Waals surface area contributed by atoms with Crippen LogP contribution in [0.2, 0.25) is 5.02 Å². The van der Waals surface area contributed by atoms with Crippen LogP contribution in [-0.2, 0) is 9.53 Å². The number of nitrogens with zero attached hydrogens (tertiary/aromatic N) is 6. The van der Waals surface area contributed by atoms with Crippen molar-refractivity contribution in [3.05, 3.63) is 71.1 Å². The van der Waals surface area contributed by atoms with Crippen molar-refractivity contribution in [2.75, 3.05) is 52.2 Å². The Morgan fingerprint density at radius 1 is 1.02 bits per heavy atom. The molecule has 0 radical (unpaired) electrons. The first kappa shape index (κ1) is 33.4. The van der Waals surface area contributed by atoms with E-state index in [0.717, 1.165) is 0 Å². The number of rotatable bonds is 7. The minimum Gasteiger partial charge on any atom is -0.494 e. The number of aromatic nitrogens is 3. The number of piperazine rings is 1. The van der Waals surface area contributed by atoms with Crippen LogP contribution in [0, 0.1) is 11.6 Å². The first-order valence-electron chi connectivity index (χ1n) is 14.7. The monoisotopic (exact) mass is 669 g/mol. The van der Waals surface area contributed by atoms with Gasteiger partial charge in [-0.05, 0) is 51.1 Å². The van der Waals surface area contributed by atoms with Crippen LogP contribution in [0.5, 0.6) is 5.75 Å². The van der Waals surface area contributed by atoms with Crippen molar-refractivity contribution in [1.29, 1.82) is 0 Å². The van der Waals surface area contributed by atoms with E-state index in [2.05, 4.69) is 15.3 Å². The van der Waals surface area contributed by atoms with E-state index in [4.69, 9.17) is 21.1 Å². The number of benzene rings is 2. The highest BCUT2D eigenvalue weighted by Crippen LogP contribution is 2.32. The van der Waals surface area contributed by atoms with Crippen LogP contribution < -0.4 is 10.1 Å². The lowest BCUT2D eigenvalue weighted by Crippen LogP contribution is -2.53. The molecule has 1 aliphatic heterocycles. The third kappa shape index (κ3) is 7.22. The van der Waals surface area contributed by atoms with Gasteiger partial charge in [0.15, 0.2) is 23.0 Å². The number of imidazole rings is 1. The van der Waals surface area contributed by atoms with Gasteiger partial charge in [0.1, 0.15) is 12.1 Å². The number of halogens is 3. The maximum Gasteiger partial charge on any atom is 0.410 e. The third-order valence-electron chi connectivity index (χ3n) is 7.43. The van der Waals surface area contributed by atoms with Crippen LogP contribution in [0.1, 0.15) is 31.1 Å². The fourth-order valence-electron chi connectivity index (χ4n) is 5.03. The zero-order valence-corrected chi connectivity index (χ0v) is 27.3. The predicted molar refractivity (Wildman–Crippen MR) is 171 cm³/mol. The van der Waals surface area contributed by atoms with E-state index in [-0.39, 0.29) is 40.3 Å². The summed E-state index contributed by atoms with van der Waals surface area (Å²) in [5.74, 6) is -2.58. The largest absolute Gasteiger partial charge is 0.494 e. The molecule has 12 nitrogen and oxygen atoms in total. The number of hydrogen-bond acceptors (Lipinski definition) is 8. The smallest absolute Gasteiger partial charge is 0.410 e. The molecule has 3 heterocycles. The molecule has 0 atom stereocenters. The minimum atomic E-state index is -1.10. The molecule has 248 valence electrons. The Morgan fingerprint density at radius 3 is 2.38 bits per heavy atom. The lowest BCUT2D eigenvalue weighted by atomic mass is 10.1. The summed E-state index contributed by atoms with van der Waals surface area (Å²) in [6, 6.07) is 7.58. The molecule has 2 aromatic heterocycles. The summed E-state index contributed by atoms with van der Waals surface area (Å²) in [6.07, 6.45) is 3.88. The van der Waals surface area contributed by atoms with Crippen molar-refractivity contribution < 1.29 is 32.6 Å². The summed E-state index contributed by atoms with van der Waals surface area (Å²) < 4.78 is 41.0. The molecule has 3 amide bonds. The molecule has 15 heteroatoms. The normalized spacial score (nSPS) is 13.4. The van der Waals surface area contributed by atoms with Crippen LogP contribution in [0.4, 0.5) is 25.1 Å². The Morgan fingerprint density at radius 2 is 1.72 bits per heavy atom. The Labute approximate surface area is 274 Å². The number of fused-ring (bicyclic) bond motifs is 1. The molecule has 4 aromatic rings. The second-order valence-corrected chi connectivity index (χ2v) is 12.3. The van der Waals surface area contributed by atoms with Gasteiger partial charge in [-0.25, -0.2) is 19.2 Å². The lowest BCUT2D eigenvalue weighted by molar-refractivity contribution is -0.133. The third-order valence-corrected chi connectivity index (χ3v) is 7.74. The summed E-state index contributed by atoms with van der Waals surface area (Å²) in [6.45, 7) is 6.32. The molecule has 5 rings (SSSR count). The number of ether oxygens (including phenoxy) is 2. The molecule has 0 bridgehead atoms. The number of likely N-dealkylation sites (N-methyl/N-ethyl adjacent to an activating group) is 1. The van der Waals surface area contributed by atoms with Crippen molar-refractivity contribution in [1.82, 2.24) is 29.1 Å². The second-order valence-electron chi connectivity index (χ2n) is 11.9. The second kappa shape index (κ2) is 13.4. The Balaban J connectivity index is 1.23. The summed E-state index contributed by atoms with van der Waals surface area (Å²) >= 11 is 6.55. The standard InChI is InChI=1S/C32H34ClF2N7O5/c1-32(2,3)47-31(45)39(4)18-25(43)40-12-14-41(15-13-40)30(44)20-7-6-19(16-22(20)33)38-28-29-37-17-23(42(29)11-10-36-28)21-8-9-24(46-5)27(35)26(21)34/h6-11,16-17H,12-15,18H2,1-5H3,(H,36,38). The van der Waals surface area contributed by atoms with E-state index in [1.165, 1.54) is 43.6 Å². The first-order chi connectivity index (χ1) is 22.3. The predicted octanol–water partition coefficient (Wildman–Crippen LogP) is 5.23. The molecular formula is C32H34ClF2N7O5. The molecule has 0 saturated carbocycles. The van der Waals surface area contributed by atoms with Crippen LogP contribution in [-0.4, -0.2) is 99.5 Å². The van der Waals surface area contributed by atoms with E-state index in [1.54, 1.807) is 59.4 Å². The van der Waals surface area contributed by atoms with Gasteiger partial charge < -0.3 is 29.5 Å². The highest BCUT2D eigenvalue weighted by atomic mass is 35.5. The van der Waals surface area contributed by atoms with Crippen LogP contribution >= 0.6 is 11.6 Å². The van der Waals surface area contributed by atoms with Gasteiger partial charge in [-0.2, -0.15) is 4.39 Å². The minimum absolute atomic E-state index is 0.00260. The molecule has 0 spiro atoms. The van der Waals surface area contributed by atoms with Gasteiger partial charge in [0.2, 0.25) is 11.7 Å². The number of carbonyl (C=O) groups is 3. The average Bonchev–Trinajstić information content (AvgIpc) is 3.46. The fraction of sp³-hybridized carbons (Fsp3) is 0.344. The average molecular weight is 670 g/mol. The number of methoxy groups -OCH3 is 1. The molecule has 1 saturated heterocycles. The maximum absolute atomic E-state index is 14.8. The van der Waals surface area contributed by atoms with Gasteiger partial charge in [0, 0.05) is 56.9 Å². The Hall–Kier alpha value is -4.98. The van der Waals surface area contributed by atoms with Crippen molar-refractivity contribution in [3.8, 4) is 17.0 Å². The topological polar surface area (TPSA) is 122 Å². The van der Waals surface area contributed by atoms with E-state index in [9.17, 15) is 23.2 Å². The van der Waals surface area contributed by atoms with E-state index in [0.29, 0.717) is 49.0 Å². The van der Waals surface area contributed by atoms with Crippen molar-refractivity contribution in [2.24, 2.45) is 0 Å². The summed E-state index contributed by atoms with van der Waals surface area (Å²) in [7, 11) is 2.76. The molecule has 1 aliphatic rings. The summed E-state index contributed by atoms with van der Waals surface area (Å²) in [5, 5.41) is 3.32. The molecular weight excluding hydrogens is 636 g/mol. The molecule has 47 heavy (non-hydrogen) atoms. The Bertz CT molecular complexity index is 1840. The number of anilines is 2. The van der Waals surface area contributed by atoms with E-state index in [1.807, 2.05) is 0 Å². The van der Waals surface area contributed by atoms with Gasteiger partial charge in [0.25, 0.3) is 5.91 Å². The summed E-state index contributed by atoms with van der Waals surface area (Å²) in [5.41, 5.74) is 0.779. The van der Waals surface area contributed by atoms with Crippen LogP contribution in [0.25, 0.3) is 16.9 Å². The van der Waals surface area contributed by atoms with E-state index < -0.39 is 23.3 Å². The lowest BCUT2D eigenvalue weighted by Gasteiger charge is -2.35. The SMILES string of the molecule is COc1ccc(-c2cnc3c(Nc4ccc(C(=O)N5CCN(C(=O)CN(C)C(=O)OC(C)(C)C)CC5)c(Cl)c4)nccn23)c(F)c1F. The van der Waals surface area contributed by atoms with Gasteiger partial charge >= 0.3 is 6.09 Å². The number of nitrogens with one attached hydrogen (secondary N) is 1. The highest BCUT2D eigenvalue weighted by Gasteiger charge is 2.28. The Kier molecular flexibility index (Phi) is 9.52. The fourth-order valence-corrected chi connectivity index (χ4v) is 5.29. The zero-order valence-electron chi connectivity index (χ0n) is 26.5. The van der Waals surface area contributed by atoms with Gasteiger partial charge in [-0.15, -0.1) is 0 Å². The number of amides is 3. The highest BCUT2D eigenvalue weighted by molar-refractivity contribution is 6.34. The molecule has 1 fully saturated rings. The number of carbonyl (C=O) groups excluding carboxylic acids is 3. The first-order valence-corrected chi connectivity index (χ1v) is 15.1. The van der Waals surface area contributed by atoms with Crippen LogP contribution in [0.15, 0.2) is 48.9 Å². The van der Waals surface area contributed by atoms with Crippen molar-refractivity contribution in [3.63, 3.8) is 0 Å². The van der Waals surface area contributed by atoms with Gasteiger partial charge in [-0.3, -0.25) is 14.0 Å². The zero-order chi connectivity index (χ0) is 34.0. The van der Waals surface area contributed by atoms with E-state index >= 15 is 0 Å². The molecule has 1 N–H and O–H groups in total. The van der Waals surface area contributed by atoms with Crippen LogP contribution in [0.3, 0.4) is 0 Å². The summed E-state index contributed by atoms with van der Waals surface area (Å²) in [4.78, 5) is 51.5. The number of hydrogen-bond donors (Lipinski definition) is 1. The molecule has 0 aliphatic carbocycles.